The van der Waals surface area contributed by atoms with Crippen molar-refractivity contribution in [2.24, 2.45) is 0 Å². The first-order chi connectivity index (χ1) is 28.5. The summed E-state index contributed by atoms with van der Waals surface area (Å²) in [5.41, 5.74) is 6.85. The van der Waals surface area contributed by atoms with Crippen LogP contribution in [0.15, 0.2) is 60.9 Å². The molecule has 1 unspecified atom stereocenters. The van der Waals surface area contributed by atoms with Crippen molar-refractivity contribution in [3.8, 4) is 12.1 Å². The standard InChI is InChI=1S/C43H56FN6O8P/c1-2-3-4-5-6-7-8-9-10-11-12-13-14-31-15-17-32(18-16-31)24-36(55-26-34-21-33(25-45)22-35(44)23-34)27-56-59(53,54)57-29-43(28-46)41(52)39(51)40(58-43)37-19-20-38-42(47)48-30-49-50(37)38/h15-23,30,36,39-41,51-52H,2-14,24,26-27,29H2,1H3,(H,53,54)(H2,47,48,49)/t36-,39+,40+,41+,43-/m1/s1. The number of nitrogen functional groups attached to an aromatic ring is 1. The molecule has 5 rings (SSSR count). The van der Waals surface area contributed by atoms with E-state index in [0.29, 0.717) is 11.1 Å². The number of phosphoric ester groups is 1. The molecule has 2 aromatic heterocycles. The fourth-order valence-corrected chi connectivity index (χ4v) is 8.10. The van der Waals surface area contributed by atoms with Crippen LogP contribution in [0.1, 0.15) is 118 Å². The summed E-state index contributed by atoms with van der Waals surface area (Å²) in [4.78, 5) is 14.7. The molecule has 318 valence electrons. The number of nitriles is 2. The third kappa shape index (κ3) is 13.1. The molecule has 59 heavy (non-hydrogen) atoms. The van der Waals surface area contributed by atoms with Crippen molar-refractivity contribution in [2.45, 2.75) is 133 Å². The molecule has 2 aromatic carbocycles. The van der Waals surface area contributed by atoms with Gasteiger partial charge in [-0.1, -0.05) is 102 Å². The SMILES string of the molecule is CCCCCCCCCCCCCCc1ccc(C[C@H](COP(=O)(O)OC[C@@]2(C#N)O[C@@H](c3ccc4c(N)ncnn34)[C@H](O)[C@@H]2O)OCc2cc(F)cc(C#N)c2)cc1. The van der Waals surface area contributed by atoms with Gasteiger partial charge in [0.2, 0.25) is 5.60 Å². The van der Waals surface area contributed by atoms with Crippen molar-refractivity contribution in [1.82, 2.24) is 14.6 Å². The zero-order valence-electron chi connectivity index (χ0n) is 33.6. The van der Waals surface area contributed by atoms with Crippen molar-refractivity contribution >= 4 is 19.2 Å². The largest absolute Gasteiger partial charge is 0.472 e. The topological polar surface area (TPSA) is 218 Å². The lowest BCUT2D eigenvalue weighted by atomic mass is 9.96. The van der Waals surface area contributed by atoms with Crippen molar-refractivity contribution in [1.29, 1.82) is 10.5 Å². The van der Waals surface area contributed by atoms with Gasteiger partial charge < -0.3 is 30.3 Å². The van der Waals surface area contributed by atoms with Gasteiger partial charge in [0, 0.05) is 6.42 Å². The van der Waals surface area contributed by atoms with Gasteiger partial charge in [-0.05, 0) is 59.9 Å². The normalized spacial score (nSPS) is 20.6. The fraction of sp³-hybridized carbons (Fsp3) is 0.535. The van der Waals surface area contributed by atoms with Crippen LogP contribution in [0.5, 0.6) is 0 Å². The Balaban J connectivity index is 1.15. The van der Waals surface area contributed by atoms with Crippen LogP contribution in [0.4, 0.5) is 10.2 Å². The molecule has 16 heteroatoms. The van der Waals surface area contributed by atoms with Gasteiger partial charge in [0.25, 0.3) is 0 Å². The number of fused-ring (bicyclic) bond motifs is 1. The lowest BCUT2D eigenvalue weighted by Crippen LogP contribution is -2.45. The van der Waals surface area contributed by atoms with Crippen LogP contribution in [0, 0.1) is 28.5 Å². The van der Waals surface area contributed by atoms with Gasteiger partial charge in [-0.25, -0.2) is 18.5 Å². The predicted octanol–water partition coefficient (Wildman–Crippen LogP) is 7.58. The Morgan fingerprint density at radius 2 is 1.59 bits per heavy atom. The molecule has 0 aliphatic carbocycles. The van der Waals surface area contributed by atoms with Gasteiger partial charge in [-0.2, -0.15) is 15.6 Å². The molecule has 0 radical (unpaired) electrons. The van der Waals surface area contributed by atoms with E-state index in [1.807, 2.05) is 30.3 Å². The Kier molecular flexibility index (Phi) is 17.4. The molecule has 6 atom stereocenters. The summed E-state index contributed by atoms with van der Waals surface area (Å²) in [6.07, 6.45) is 12.2. The highest BCUT2D eigenvalue weighted by Gasteiger charge is 2.57. The molecule has 1 aliphatic rings. The number of aromatic nitrogens is 3. The number of aliphatic hydroxyl groups excluding tert-OH is 2. The first kappa shape index (κ1) is 45.8. The van der Waals surface area contributed by atoms with E-state index in [-0.39, 0.29) is 30.1 Å². The van der Waals surface area contributed by atoms with Crippen molar-refractivity contribution < 1.29 is 42.6 Å². The van der Waals surface area contributed by atoms with Crippen LogP contribution >= 0.6 is 7.82 Å². The third-order valence-corrected chi connectivity index (χ3v) is 11.6. The van der Waals surface area contributed by atoms with E-state index in [4.69, 9.17) is 24.3 Å². The lowest BCUT2D eigenvalue weighted by molar-refractivity contribution is -0.0761. The van der Waals surface area contributed by atoms with E-state index in [2.05, 4.69) is 17.0 Å². The fourth-order valence-electron chi connectivity index (χ4n) is 7.32. The predicted molar refractivity (Wildman–Crippen MR) is 218 cm³/mol. The summed E-state index contributed by atoms with van der Waals surface area (Å²) in [6, 6.07) is 18.6. The van der Waals surface area contributed by atoms with Gasteiger partial charge in [-0.15, -0.1) is 0 Å². The van der Waals surface area contributed by atoms with Gasteiger partial charge in [-0.3, -0.25) is 9.05 Å². The highest BCUT2D eigenvalue weighted by Crippen LogP contribution is 2.48. The number of ether oxygens (including phenoxy) is 2. The van der Waals surface area contributed by atoms with Crippen molar-refractivity contribution in [3.63, 3.8) is 0 Å². The van der Waals surface area contributed by atoms with Gasteiger partial charge >= 0.3 is 7.82 Å². The number of phosphoric acid groups is 1. The zero-order valence-corrected chi connectivity index (χ0v) is 34.5. The number of hydrogen-bond donors (Lipinski definition) is 4. The second-order valence-corrected chi connectivity index (χ2v) is 16.7. The maximum absolute atomic E-state index is 14.2. The summed E-state index contributed by atoms with van der Waals surface area (Å²) < 4.78 is 51.2. The van der Waals surface area contributed by atoms with Gasteiger partial charge in [0.05, 0.1) is 36.6 Å². The first-order valence-electron chi connectivity index (χ1n) is 20.5. The molecule has 1 aliphatic heterocycles. The minimum Gasteiger partial charge on any atom is -0.387 e. The second-order valence-electron chi connectivity index (χ2n) is 15.3. The van der Waals surface area contributed by atoms with Crippen LogP contribution in [0.3, 0.4) is 0 Å². The van der Waals surface area contributed by atoms with E-state index < -0.39 is 56.9 Å². The summed E-state index contributed by atoms with van der Waals surface area (Å²) in [5.74, 6) is -0.454. The Bertz CT molecular complexity index is 2070. The van der Waals surface area contributed by atoms with Gasteiger partial charge in [0.1, 0.15) is 48.6 Å². The summed E-state index contributed by atoms with van der Waals surface area (Å²) in [6.45, 7) is 0.711. The molecule has 1 saturated heterocycles. The Labute approximate surface area is 345 Å². The summed E-state index contributed by atoms with van der Waals surface area (Å²) in [5, 5.41) is 45.4. The van der Waals surface area contributed by atoms with Crippen LogP contribution < -0.4 is 5.73 Å². The average Bonchev–Trinajstić information content (AvgIpc) is 3.77. The Hall–Kier alpha value is -4.28. The average molecular weight is 835 g/mol. The zero-order chi connectivity index (χ0) is 42.3. The highest BCUT2D eigenvalue weighted by atomic mass is 31.2. The van der Waals surface area contributed by atoms with E-state index in [1.165, 1.54) is 105 Å². The summed E-state index contributed by atoms with van der Waals surface area (Å²) in [7, 11) is -4.94. The van der Waals surface area contributed by atoms with Crippen molar-refractivity contribution in [2.75, 3.05) is 18.9 Å². The molecule has 0 saturated carbocycles. The maximum atomic E-state index is 14.2. The van der Waals surface area contributed by atoms with Crippen molar-refractivity contribution in [3.05, 3.63) is 94.7 Å². The number of nitrogens with zero attached hydrogens (tertiary/aromatic N) is 5. The molecule has 14 nitrogen and oxygen atoms in total. The molecule has 1 fully saturated rings. The summed E-state index contributed by atoms with van der Waals surface area (Å²) >= 11 is 0. The first-order valence-corrected chi connectivity index (χ1v) is 22.0. The number of unbranched alkanes of at least 4 members (excludes halogenated alkanes) is 11. The molecule has 0 spiro atoms. The number of anilines is 1. The maximum Gasteiger partial charge on any atom is 0.472 e. The molecule has 4 aromatic rings. The van der Waals surface area contributed by atoms with Crippen LogP contribution in [0.25, 0.3) is 5.52 Å². The minimum absolute atomic E-state index is 0.117. The van der Waals surface area contributed by atoms with E-state index in [9.17, 15) is 34.6 Å². The molecule has 0 bridgehead atoms. The van der Waals surface area contributed by atoms with E-state index in [0.717, 1.165) is 24.5 Å². The number of rotatable bonds is 25. The number of benzene rings is 2. The third-order valence-electron chi connectivity index (χ3n) is 10.7. The highest BCUT2D eigenvalue weighted by molar-refractivity contribution is 7.47. The number of nitrogens with two attached hydrogens (primary N) is 1. The number of halogens is 1. The molecule has 3 heterocycles. The molecule has 0 amide bonds. The number of aliphatic hydroxyl groups is 2. The molecular weight excluding hydrogens is 778 g/mol. The minimum atomic E-state index is -4.94. The lowest BCUT2D eigenvalue weighted by Gasteiger charge is -2.26. The smallest absolute Gasteiger partial charge is 0.387 e. The quantitative estimate of drug-likeness (QED) is 0.0374. The Morgan fingerprint density at radius 3 is 2.25 bits per heavy atom. The second kappa shape index (κ2) is 22.4. The monoisotopic (exact) mass is 834 g/mol. The van der Waals surface area contributed by atoms with Crippen LogP contribution in [-0.4, -0.2) is 66.8 Å². The molecule has 5 N–H and O–H groups in total. The van der Waals surface area contributed by atoms with Crippen LogP contribution in [0.2, 0.25) is 0 Å². The molecular formula is C43H56FN6O8P. The van der Waals surface area contributed by atoms with Gasteiger partial charge in [0.15, 0.2) is 5.82 Å². The Morgan fingerprint density at radius 1 is 0.932 bits per heavy atom. The van der Waals surface area contributed by atoms with E-state index in [1.54, 1.807) is 12.1 Å². The van der Waals surface area contributed by atoms with Crippen LogP contribution in [-0.2, 0) is 42.5 Å². The number of aryl methyl sites for hydroxylation is 1. The van der Waals surface area contributed by atoms with E-state index >= 15 is 0 Å². The number of hydrogen-bond acceptors (Lipinski definition) is 12.